The Kier molecular flexibility index (Phi) is 6.03. The number of fused-ring (bicyclic) bond motifs is 1. The highest BCUT2D eigenvalue weighted by atomic mass is 35.5. The van der Waals surface area contributed by atoms with Crippen molar-refractivity contribution in [2.24, 2.45) is 5.73 Å². The van der Waals surface area contributed by atoms with Crippen LogP contribution >= 0.6 is 11.6 Å². The first kappa shape index (κ1) is 22.0. The number of methoxy groups -OCH3 is 1. The molecule has 168 valence electrons. The third-order valence-electron chi connectivity index (χ3n) is 5.40. The number of aromatic nitrogens is 2. The molecule has 10 heteroatoms. The summed E-state index contributed by atoms with van der Waals surface area (Å²) in [6, 6.07) is 8.72. The van der Waals surface area contributed by atoms with E-state index >= 15 is 0 Å². The number of rotatable bonds is 5. The summed E-state index contributed by atoms with van der Waals surface area (Å²) in [6.45, 7) is 5.75. The number of nitrogens with one attached hydrogen (secondary N) is 2. The van der Waals surface area contributed by atoms with Crippen LogP contribution in [0.4, 0.5) is 21.5 Å². The van der Waals surface area contributed by atoms with Gasteiger partial charge in [0.1, 0.15) is 5.75 Å². The number of nitrogens with zero attached hydrogens (tertiary/aromatic N) is 3. The lowest BCUT2D eigenvalue weighted by molar-refractivity contribution is 0.0995. The van der Waals surface area contributed by atoms with Crippen molar-refractivity contribution in [2.75, 3.05) is 30.4 Å². The van der Waals surface area contributed by atoms with E-state index in [1.54, 1.807) is 19.2 Å². The van der Waals surface area contributed by atoms with E-state index in [2.05, 4.69) is 39.6 Å². The molecular formula is C22H24ClFN6O2. The molecular weight excluding hydrogens is 435 g/mol. The van der Waals surface area contributed by atoms with Crippen LogP contribution < -0.4 is 26.0 Å². The minimum Gasteiger partial charge on any atom is -0.495 e. The second-order valence-electron chi connectivity index (χ2n) is 7.93. The highest BCUT2D eigenvalue weighted by Crippen LogP contribution is 2.38. The zero-order chi connectivity index (χ0) is 23.0. The van der Waals surface area contributed by atoms with Crippen molar-refractivity contribution >= 4 is 45.5 Å². The summed E-state index contributed by atoms with van der Waals surface area (Å²) in [6.07, 6.45) is 0. The summed E-state index contributed by atoms with van der Waals surface area (Å²) in [5, 5.41) is 15.1. The van der Waals surface area contributed by atoms with Gasteiger partial charge in [-0.25, -0.2) is 4.39 Å². The van der Waals surface area contributed by atoms with Crippen LogP contribution in [0.5, 0.6) is 5.75 Å². The summed E-state index contributed by atoms with van der Waals surface area (Å²) >= 11 is 5.93. The van der Waals surface area contributed by atoms with Crippen LogP contribution in [0.25, 0.3) is 10.9 Å². The monoisotopic (exact) mass is 458 g/mol. The van der Waals surface area contributed by atoms with Gasteiger partial charge >= 0.3 is 0 Å². The fourth-order valence-corrected chi connectivity index (χ4v) is 4.26. The van der Waals surface area contributed by atoms with E-state index in [-0.39, 0.29) is 34.2 Å². The molecule has 1 saturated heterocycles. The molecule has 2 atom stereocenters. The maximum atomic E-state index is 14.6. The van der Waals surface area contributed by atoms with Crippen molar-refractivity contribution in [1.82, 2.24) is 15.5 Å². The number of hydrogen-bond donors (Lipinski definition) is 3. The third-order valence-corrected chi connectivity index (χ3v) is 5.70. The molecule has 1 aliphatic heterocycles. The maximum absolute atomic E-state index is 14.6. The molecule has 32 heavy (non-hydrogen) atoms. The van der Waals surface area contributed by atoms with Gasteiger partial charge in [-0.15, -0.1) is 10.2 Å². The molecule has 2 aromatic carbocycles. The fourth-order valence-electron chi connectivity index (χ4n) is 4.09. The molecule has 4 rings (SSSR count). The fraction of sp³-hybridized carbons (Fsp3) is 0.318. The number of benzene rings is 2. The van der Waals surface area contributed by atoms with E-state index in [0.29, 0.717) is 16.7 Å². The first-order valence-corrected chi connectivity index (χ1v) is 10.6. The molecule has 1 aromatic heterocycles. The normalized spacial score (nSPS) is 18.6. The Bertz CT molecular complexity index is 1180. The predicted octanol–water partition coefficient (Wildman–Crippen LogP) is 3.46. The number of hydrogen-bond acceptors (Lipinski definition) is 7. The number of carbonyl (C=O) groups excluding carboxylic acids is 1. The number of nitrogens with two attached hydrogens (primary N) is 1. The molecule has 0 spiro atoms. The largest absolute Gasteiger partial charge is 0.495 e. The Balaban J connectivity index is 1.91. The Morgan fingerprint density at radius 2 is 2.00 bits per heavy atom. The van der Waals surface area contributed by atoms with Gasteiger partial charge in [0.2, 0.25) is 0 Å². The lowest BCUT2D eigenvalue weighted by atomic mass is 10.1. The van der Waals surface area contributed by atoms with E-state index in [1.165, 1.54) is 12.1 Å². The Labute approximate surface area is 189 Å². The van der Waals surface area contributed by atoms with E-state index < -0.39 is 11.7 Å². The molecule has 1 fully saturated rings. The van der Waals surface area contributed by atoms with Gasteiger partial charge in [0.05, 0.1) is 34.7 Å². The number of amides is 1. The number of carbonyl (C=O) groups is 1. The quantitative estimate of drug-likeness (QED) is 0.537. The standard InChI is InChI=1S/C22H24ClFN6O2/c1-11-9-30(10-12(2)26-11)17-7-13-16(8-18(17)32-3)28-29-21(22(25)31)20(13)27-15-6-4-5-14(23)19(15)24/h4-8,11-12,26H,9-10H2,1-3H3,(H2,25,31)(H,27,28). The van der Waals surface area contributed by atoms with Crippen molar-refractivity contribution in [3.63, 3.8) is 0 Å². The number of piperazine rings is 1. The predicted molar refractivity (Wildman–Crippen MR) is 124 cm³/mol. The van der Waals surface area contributed by atoms with E-state index in [9.17, 15) is 9.18 Å². The van der Waals surface area contributed by atoms with Crippen LogP contribution in [0.15, 0.2) is 30.3 Å². The molecule has 1 aliphatic rings. The van der Waals surface area contributed by atoms with E-state index in [1.807, 2.05) is 6.07 Å². The number of anilines is 3. The lowest BCUT2D eigenvalue weighted by Gasteiger charge is -2.38. The van der Waals surface area contributed by atoms with Crippen LogP contribution in [-0.4, -0.2) is 48.4 Å². The van der Waals surface area contributed by atoms with Crippen molar-refractivity contribution in [2.45, 2.75) is 25.9 Å². The van der Waals surface area contributed by atoms with Crippen LogP contribution in [0.3, 0.4) is 0 Å². The summed E-state index contributed by atoms with van der Waals surface area (Å²) in [4.78, 5) is 14.3. The molecule has 3 aromatic rings. The van der Waals surface area contributed by atoms with Gasteiger partial charge in [-0.1, -0.05) is 17.7 Å². The maximum Gasteiger partial charge on any atom is 0.271 e. The zero-order valence-corrected chi connectivity index (χ0v) is 18.7. The molecule has 0 saturated carbocycles. The van der Waals surface area contributed by atoms with Gasteiger partial charge in [-0.05, 0) is 32.0 Å². The number of primary amides is 1. The van der Waals surface area contributed by atoms with E-state index in [0.717, 1.165) is 18.8 Å². The highest BCUT2D eigenvalue weighted by Gasteiger charge is 2.25. The van der Waals surface area contributed by atoms with Gasteiger partial charge in [0, 0.05) is 36.6 Å². The third kappa shape index (κ3) is 4.13. The molecule has 0 bridgehead atoms. The van der Waals surface area contributed by atoms with Crippen molar-refractivity contribution in [3.8, 4) is 5.75 Å². The lowest BCUT2D eigenvalue weighted by Crippen LogP contribution is -2.54. The van der Waals surface area contributed by atoms with Crippen LogP contribution in [0.1, 0.15) is 24.3 Å². The van der Waals surface area contributed by atoms with Crippen molar-refractivity contribution in [1.29, 1.82) is 0 Å². The molecule has 2 unspecified atom stereocenters. The summed E-state index contributed by atoms with van der Waals surface area (Å²) in [7, 11) is 1.59. The molecule has 1 amide bonds. The summed E-state index contributed by atoms with van der Waals surface area (Å²) < 4.78 is 20.2. The van der Waals surface area contributed by atoms with Crippen molar-refractivity contribution < 1.29 is 13.9 Å². The van der Waals surface area contributed by atoms with Gasteiger partial charge in [-0.3, -0.25) is 4.79 Å². The van der Waals surface area contributed by atoms with Gasteiger partial charge in [0.25, 0.3) is 5.91 Å². The molecule has 8 nitrogen and oxygen atoms in total. The van der Waals surface area contributed by atoms with Gasteiger partial charge in [-0.2, -0.15) is 0 Å². The van der Waals surface area contributed by atoms with E-state index in [4.69, 9.17) is 22.1 Å². The smallest absolute Gasteiger partial charge is 0.271 e. The number of ether oxygens (including phenoxy) is 1. The van der Waals surface area contributed by atoms with Crippen LogP contribution in [-0.2, 0) is 0 Å². The summed E-state index contributed by atoms with van der Waals surface area (Å²) in [5.41, 5.74) is 7.10. The van der Waals surface area contributed by atoms with Crippen LogP contribution in [0, 0.1) is 5.82 Å². The zero-order valence-electron chi connectivity index (χ0n) is 17.9. The average Bonchev–Trinajstić information content (AvgIpc) is 2.75. The molecule has 0 aliphatic carbocycles. The van der Waals surface area contributed by atoms with Gasteiger partial charge in [0.15, 0.2) is 11.5 Å². The highest BCUT2D eigenvalue weighted by molar-refractivity contribution is 6.31. The number of halogens is 2. The topological polar surface area (TPSA) is 105 Å². The Hall–Kier alpha value is -3.17. The van der Waals surface area contributed by atoms with Crippen LogP contribution in [0.2, 0.25) is 5.02 Å². The molecule has 4 N–H and O–H groups in total. The van der Waals surface area contributed by atoms with Crippen molar-refractivity contribution in [3.05, 3.63) is 46.9 Å². The second-order valence-corrected chi connectivity index (χ2v) is 8.34. The molecule has 2 heterocycles. The minimum absolute atomic E-state index is 0.0481. The first-order valence-electron chi connectivity index (χ1n) is 10.2. The first-order chi connectivity index (χ1) is 15.3. The Morgan fingerprint density at radius 1 is 1.28 bits per heavy atom. The summed E-state index contributed by atoms with van der Waals surface area (Å²) in [5.74, 6) is -0.807. The minimum atomic E-state index is -0.786. The average molecular weight is 459 g/mol. The second kappa shape index (κ2) is 8.76. The SMILES string of the molecule is COc1cc2nnc(C(N)=O)c(Nc3cccc(Cl)c3F)c2cc1N1CC(C)NC(C)C1. The van der Waals surface area contributed by atoms with Gasteiger partial charge < -0.3 is 26.0 Å². The molecule has 0 radical (unpaired) electrons. The Morgan fingerprint density at radius 3 is 2.66 bits per heavy atom.